The van der Waals surface area contributed by atoms with Crippen LogP contribution >= 0.6 is 0 Å². The number of fused-ring (bicyclic) bond motifs is 1. The van der Waals surface area contributed by atoms with Gasteiger partial charge in [0.1, 0.15) is 0 Å². The van der Waals surface area contributed by atoms with Crippen molar-refractivity contribution in [2.45, 2.75) is 25.9 Å². The molecule has 1 unspecified atom stereocenters. The highest BCUT2D eigenvalue weighted by atomic mass is 16.3. The van der Waals surface area contributed by atoms with Gasteiger partial charge in [0.05, 0.1) is 17.5 Å². The SMILES string of the molecule is Cc1[nH]nc2cc(NC(=O)CC(C)(O)c3ccccc3)ccc12. The molecule has 0 aliphatic rings. The summed E-state index contributed by atoms with van der Waals surface area (Å²) in [6.45, 7) is 3.59. The van der Waals surface area contributed by atoms with E-state index in [1.165, 1.54) is 0 Å². The van der Waals surface area contributed by atoms with E-state index in [-0.39, 0.29) is 12.3 Å². The van der Waals surface area contributed by atoms with E-state index < -0.39 is 5.60 Å². The zero-order valence-corrected chi connectivity index (χ0v) is 13.1. The van der Waals surface area contributed by atoms with Gasteiger partial charge >= 0.3 is 0 Å². The van der Waals surface area contributed by atoms with E-state index in [2.05, 4.69) is 15.5 Å². The van der Waals surface area contributed by atoms with Gasteiger partial charge in [0.15, 0.2) is 0 Å². The van der Waals surface area contributed by atoms with Crippen LogP contribution < -0.4 is 5.32 Å². The van der Waals surface area contributed by atoms with Gasteiger partial charge in [-0.25, -0.2) is 0 Å². The molecule has 2 aromatic carbocycles. The summed E-state index contributed by atoms with van der Waals surface area (Å²) in [4.78, 5) is 12.2. The van der Waals surface area contributed by atoms with E-state index in [9.17, 15) is 9.90 Å². The van der Waals surface area contributed by atoms with Crippen LogP contribution in [-0.2, 0) is 10.4 Å². The molecule has 0 radical (unpaired) electrons. The first-order valence-corrected chi connectivity index (χ1v) is 7.48. The highest BCUT2D eigenvalue weighted by Gasteiger charge is 2.26. The Balaban J connectivity index is 1.73. The number of H-pyrrole nitrogens is 1. The van der Waals surface area contributed by atoms with E-state index >= 15 is 0 Å². The molecular formula is C18H19N3O2. The molecule has 0 aliphatic heterocycles. The van der Waals surface area contributed by atoms with Crippen molar-refractivity contribution < 1.29 is 9.90 Å². The predicted molar refractivity (Wildman–Crippen MR) is 90.1 cm³/mol. The number of amides is 1. The van der Waals surface area contributed by atoms with Crippen LogP contribution in [0.4, 0.5) is 5.69 Å². The number of anilines is 1. The second-order valence-electron chi connectivity index (χ2n) is 5.95. The molecule has 0 fully saturated rings. The molecule has 1 amide bonds. The van der Waals surface area contributed by atoms with Crippen LogP contribution in [0.1, 0.15) is 24.6 Å². The lowest BCUT2D eigenvalue weighted by Gasteiger charge is -2.23. The average molecular weight is 309 g/mol. The van der Waals surface area contributed by atoms with Gasteiger partial charge in [-0.1, -0.05) is 30.3 Å². The molecule has 0 saturated heterocycles. The second-order valence-corrected chi connectivity index (χ2v) is 5.95. The quantitative estimate of drug-likeness (QED) is 0.693. The lowest BCUT2D eigenvalue weighted by Crippen LogP contribution is -2.28. The van der Waals surface area contributed by atoms with Crippen LogP contribution in [0.2, 0.25) is 0 Å². The Morgan fingerprint density at radius 3 is 2.74 bits per heavy atom. The number of benzene rings is 2. The molecule has 1 aromatic heterocycles. The van der Waals surface area contributed by atoms with Gasteiger partial charge in [-0.2, -0.15) is 5.10 Å². The number of hydrogen-bond acceptors (Lipinski definition) is 3. The summed E-state index contributed by atoms with van der Waals surface area (Å²) in [5.74, 6) is -0.245. The minimum atomic E-state index is -1.21. The summed E-state index contributed by atoms with van der Waals surface area (Å²) >= 11 is 0. The highest BCUT2D eigenvalue weighted by Crippen LogP contribution is 2.25. The van der Waals surface area contributed by atoms with Crippen LogP contribution in [0, 0.1) is 6.92 Å². The number of hydrogen-bond donors (Lipinski definition) is 3. The molecule has 5 heteroatoms. The summed E-state index contributed by atoms with van der Waals surface area (Å²) in [6, 6.07) is 14.7. The number of nitrogens with one attached hydrogen (secondary N) is 2. The van der Waals surface area contributed by atoms with E-state index in [1.807, 2.05) is 55.5 Å². The number of aromatic nitrogens is 2. The Hall–Kier alpha value is -2.66. The molecule has 0 aliphatic carbocycles. The topological polar surface area (TPSA) is 78.0 Å². The van der Waals surface area contributed by atoms with Gasteiger partial charge in [0, 0.05) is 16.8 Å². The zero-order chi connectivity index (χ0) is 16.4. The Labute approximate surface area is 134 Å². The third kappa shape index (κ3) is 3.24. The number of carbonyl (C=O) groups is 1. The van der Waals surface area contributed by atoms with Gasteiger partial charge in [0.2, 0.25) is 5.91 Å². The summed E-state index contributed by atoms with van der Waals surface area (Å²) in [6.07, 6.45) is -0.0192. The summed E-state index contributed by atoms with van der Waals surface area (Å²) in [7, 11) is 0. The number of rotatable bonds is 4. The van der Waals surface area contributed by atoms with Crippen LogP contribution in [0.25, 0.3) is 10.9 Å². The first-order valence-electron chi connectivity index (χ1n) is 7.48. The fourth-order valence-corrected chi connectivity index (χ4v) is 2.64. The largest absolute Gasteiger partial charge is 0.385 e. The number of aliphatic hydroxyl groups is 1. The fraction of sp³-hybridized carbons (Fsp3) is 0.222. The fourth-order valence-electron chi connectivity index (χ4n) is 2.64. The normalized spacial score (nSPS) is 13.7. The predicted octanol–water partition coefficient (Wildman–Crippen LogP) is 3.11. The van der Waals surface area contributed by atoms with Gasteiger partial charge in [-0.3, -0.25) is 9.89 Å². The maximum absolute atomic E-state index is 12.2. The van der Waals surface area contributed by atoms with Crippen LogP contribution in [0.5, 0.6) is 0 Å². The molecule has 23 heavy (non-hydrogen) atoms. The van der Waals surface area contributed by atoms with E-state index in [1.54, 1.807) is 6.92 Å². The standard InChI is InChI=1S/C18H19N3O2/c1-12-15-9-8-14(10-16(15)21-20-12)19-17(22)11-18(2,23)13-6-4-3-5-7-13/h3-10,23H,11H2,1-2H3,(H,19,22)(H,20,21). The molecular weight excluding hydrogens is 290 g/mol. The number of carbonyl (C=O) groups excluding carboxylic acids is 1. The molecule has 1 heterocycles. The zero-order valence-electron chi connectivity index (χ0n) is 13.1. The van der Waals surface area contributed by atoms with Gasteiger partial charge in [-0.15, -0.1) is 0 Å². The Bertz CT molecular complexity index is 838. The molecule has 3 N–H and O–H groups in total. The lowest BCUT2D eigenvalue weighted by molar-refractivity contribution is -0.120. The van der Waals surface area contributed by atoms with Crippen molar-refractivity contribution in [2.75, 3.05) is 5.32 Å². The first kappa shape index (κ1) is 15.2. The molecule has 0 bridgehead atoms. The maximum Gasteiger partial charge on any atom is 0.227 e. The molecule has 1 atom stereocenters. The first-order chi connectivity index (χ1) is 11.0. The van der Waals surface area contributed by atoms with Crippen LogP contribution in [0.3, 0.4) is 0 Å². The van der Waals surface area contributed by atoms with Crippen molar-refractivity contribution in [1.82, 2.24) is 10.2 Å². The maximum atomic E-state index is 12.2. The minimum Gasteiger partial charge on any atom is -0.385 e. The minimum absolute atomic E-state index is 0.0192. The summed E-state index contributed by atoms with van der Waals surface area (Å²) in [5.41, 5.74) is 1.96. The second kappa shape index (κ2) is 5.85. The summed E-state index contributed by atoms with van der Waals surface area (Å²) in [5, 5.41) is 21.5. The number of aromatic amines is 1. The number of aryl methyl sites for hydroxylation is 1. The van der Waals surface area contributed by atoms with Crippen molar-refractivity contribution in [3.05, 3.63) is 59.8 Å². The van der Waals surface area contributed by atoms with Gasteiger partial charge < -0.3 is 10.4 Å². The van der Waals surface area contributed by atoms with Gasteiger partial charge in [0.25, 0.3) is 0 Å². The third-order valence-corrected chi connectivity index (χ3v) is 3.93. The Kier molecular flexibility index (Phi) is 3.88. The van der Waals surface area contributed by atoms with Crippen molar-refractivity contribution >= 4 is 22.5 Å². The third-order valence-electron chi connectivity index (χ3n) is 3.93. The summed E-state index contributed by atoms with van der Waals surface area (Å²) < 4.78 is 0. The average Bonchev–Trinajstić information content (AvgIpc) is 2.88. The molecule has 0 spiro atoms. The van der Waals surface area contributed by atoms with Crippen molar-refractivity contribution in [1.29, 1.82) is 0 Å². The molecule has 0 saturated carbocycles. The van der Waals surface area contributed by atoms with E-state index in [4.69, 9.17) is 0 Å². The van der Waals surface area contributed by atoms with Crippen LogP contribution in [0.15, 0.2) is 48.5 Å². The highest BCUT2D eigenvalue weighted by molar-refractivity contribution is 5.94. The van der Waals surface area contributed by atoms with E-state index in [0.717, 1.165) is 16.6 Å². The molecule has 3 rings (SSSR count). The molecule has 118 valence electrons. The Morgan fingerprint density at radius 2 is 2.00 bits per heavy atom. The monoisotopic (exact) mass is 309 g/mol. The van der Waals surface area contributed by atoms with Crippen molar-refractivity contribution in [3.63, 3.8) is 0 Å². The Morgan fingerprint density at radius 1 is 1.26 bits per heavy atom. The number of nitrogens with zero attached hydrogens (tertiary/aromatic N) is 1. The smallest absolute Gasteiger partial charge is 0.227 e. The van der Waals surface area contributed by atoms with Crippen molar-refractivity contribution in [3.8, 4) is 0 Å². The van der Waals surface area contributed by atoms with E-state index in [0.29, 0.717) is 11.3 Å². The molecule has 5 nitrogen and oxygen atoms in total. The van der Waals surface area contributed by atoms with Crippen LogP contribution in [-0.4, -0.2) is 21.2 Å². The molecule has 3 aromatic rings. The van der Waals surface area contributed by atoms with Gasteiger partial charge in [-0.05, 0) is 37.6 Å². The lowest BCUT2D eigenvalue weighted by atomic mass is 9.92. The van der Waals surface area contributed by atoms with Crippen molar-refractivity contribution in [2.24, 2.45) is 0 Å².